The molecule has 0 unspecified atom stereocenters. The van der Waals surface area contributed by atoms with Crippen LogP contribution in [0.4, 0.5) is 10.2 Å². The largest absolute Gasteiger partial charge is 0.465 e. The predicted octanol–water partition coefficient (Wildman–Crippen LogP) is 2.83. The number of methoxy groups -OCH3 is 1. The SMILES string of the molecule is COC(=O)c1cnn2c1NC1=C(C(=O)CCC1)[C@H]2c1ccccc1F. The summed E-state index contributed by atoms with van der Waals surface area (Å²) in [4.78, 5) is 24.6. The first-order valence-corrected chi connectivity index (χ1v) is 8.05. The van der Waals surface area contributed by atoms with Crippen molar-refractivity contribution in [3.05, 3.63) is 58.7 Å². The highest BCUT2D eigenvalue weighted by atomic mass is 19.1. The molecule has 1 aliphatic carbocycles. The van der Waals surface area contributed by atoms with Crippen LogP contribution < -0.4 is 5.32 Å². The molecule has 2 aliphatic rings. The van der Waals surface area contributed by atoms with Crippen molar-refractivity contribution in [1.29, 1.82) is 0 Å². The first kappa shape index (κ1) is 15.6. The second kappa shape index (κ2) is 5.84. The van der Waals surface area contributed by atoms with Crippen molar-refractivity contribution in [1.82, 2.24) is 9.78 Å². The maximum Gasteiger partial charge on any atom is 0.343 e. The lowest BCUT2D eigenvalue weighted by Gasteiger charge is -2.33. The van der Waals surface area contributed by atoms with Gasteiger partial charge in [-0.15, -0.1) is 0 Å². The molecule has 4 rings (SSSR count). The number of rotatable bonds is 2. The summed E-state index contributed by atoms with van der Waals surface area (Å²) >= 11 is 0. The number of esters is 1. The average Bonchev–Trinajstić information content (AvgIpc) is 3.04. The third-order valence-corrected chi connectivity index (χ3v) is 4.64. The van der Waals surface area contributed by atoms with Gasteiger partial charge >= 0.3 is 5.97 Å². The molecule has 0 fully saturated rings. The van der Waals surface area contributed by atoms with E-state index in [9.17, 15) is 14.0 Å². The van der Waals surface area contributed by atoms with Crippen LogP contribution in [0.25, 0.3) is 0 Å². The molecule has 1 atom stereocenters. The highest BCUT2D eigenvalue weighted by Gasteiger charge is 2.38. The lowest BCUT2D eigenvalue weighted by molar-refractivity contribution is -0.116. The zero-order valence-electron chi connectivity index (χ0n) is 13.6. The fourth-order valence-corrected chi connectivity index (χ4v) is 3.50. The summed E-state index contributed by atoms with van der Waals surface area (Å²) in [5.41, 5.74) is 1.85. The Morgan fingerprint density at radius 3 is 2.92 bits per heavy atom. The van der Waals surface area contributed by atoms with E-state index in [0.717, 1.165) is 12.1 Å². The van der Waals surface area contributed by atoms with Crippen LogP contribution >= 0.6 is 0 Å². The van der Waals surface area contributed by atoms with E-state index in [-0.39, 0.29) is 11.3 Å². The Kier molecular flexibility index (Phi) is 3.63. The van der Waals surface area contributed by atoms with E-state index in [4.69, 9.17) is 4.74 Å². The predicted molar refractivity (Wildman–Crippen MR) is 87.6 cm³/mol. The van der Waals surface area contributed by atoms with Gasteiger partial charge in [-0.05, 0) is 18.9 Å². The number of anilines is 1. The van der Waals surface area contributed by atoms with E-state index in [0.29, 0.717) is 29.8 Å². The number of carbonyl (C=O) groups excluding carboxylic acids is 2. The molecule has 0 saturated heterocycles. The monoisotopic (exact) mass is 341 g/mol. The molecule has 2 aromatic rings. The number of halogens is 1. The van der Waals surface area contributed by atoms with Crippen LogP contribution in [0.3, 0.4) is 0 Å². The smallest absolute Gasteiger partial charge is 0.343 e. The van der Waals surface area contributed by atoms with Crippen LogP contribution in [0.15, 0.2) is 41.7 Å². The maximum atomic E-state index is 14.5. The zero-order chi connectivity index (χ0) is 17.6. The van der Waals surface area contributed by atoms with E-state index in [1.807, 2.05) is 0 Å². The Morgan fingerprint density at radius 2 is 2.16 bits per heavy atom. The first-order chi connectivity index (χ1) is 12.1. The molecule has 1 N–H and O–H groups in total. The van der Waals surface area contributed by atoms with Gasteiger partial charge in [0.2, 0.25) is 0 Å². The van der Waals surface area contributed by atoms with Gasteiger partial charge in [0.05, 0.1) is 13.3 Å². The Labute approximate surface area is 143 Å². The first-order valence-electron chi connectivity index (χ1n) is 8.05. The van der Waals surface area contributed by atoms with E-state index in [2.05, 4.69) is 10.4 Å². The number of allylic oxidation sites excluding steroid dienone is 2. The van der Waals surface area contributed by atoms with Gasteiger partial charge in [-0.2, -0.15) is 5.10 Å². The van der Waals surface area contributed by atoms with Gasteiger partial charge in [-0.3, -0.25) is 4.79 Å². The summed E-state index contributed by atoms with van der Waals surface area (Å²) in [6.45, 7) is 0. The van der Waals surface area contributed by atoms with Gasteiger partial charge in [0.25, 0.3) is 0 Å². The second-order valence-electron chi connectivity index (χ2n) is 6.06. The minimum atomic E-state index is -0.696. The van der Waals surface area contributed by atoms with Crippen molar-refractivity contribution in [2.75, 3.05) is 12.4 Å². The van der Waals surface area contributed by atoms with Gasteiger partial charge in [-0.1, -0.05) is 18.2 Å². The molecule has 2 heterocycles. The second-order valence-corrected chi connectivity index (χ2v) is 6.06. The normalized spacial score (nSPS) is 19.1. The lowest BCUT2D eigenvalue weighted by atomic mass is 9.85. The number of Topliss-reactive ketones (excluding diaryl/α,β-unsaturated/α-hetero) is 1. The quantitative estimate of drug-likeness (QED) is 0.851. The molecule has 1 aromatic carbocycles. The molecule has 6 nitrogen and oxygen atoms in total. The molecule has 0 radical (unpaired) electrons. The topological polar surface area (TPSA) is 73.2 Å². The molecule has 1 aliphatic heterocycles. The van der Waals surface area contributed by atoms with E-state index in [1.165, 1.54) is 24.1 Å². The average molecular weight is 341 g/mol. The minimum absolute atomic E-state index is 0.0252. The number of nitrogens with one attached hydrogen (secondary N) is 1. The number of carbonyl (C=O) groups is 2. The Balaban J connectivity index is 1.95. The van der Waals surface area contributed by atoms with E-state index in [1.54, 1.807) is 18.2 Å². The van der Waals surface area contributed by atoms with Crippen molar-refractivity contribution in [2.24, 2.45) is 0 Å². The fraction of sp³-hybridized carbons (Fsp3) is 0.278. The molecule has 128 valence electrons. The highest BCUT2D eigenvalue weighted by molar-refractivity contribution is 6.01. The number of benzene rings is 1. The van der Waals surface area contributed by atoms with Crippen LogP contribution in [0, 0.1) is 5.82 Å². The van der Waals surface area contributed by atoms with Gasteiger partial charge < -0.3 is 10.1 Å². The van der Waals surface area contributed by atoms with E-state index < -0.39 is 17.8 Å². The third-order valence-electron chi connectivity index (χ3n) is 4.64. The molecule has 7 heteroatoms. The van der Waals surface area contributed by atoms with Gasteiger partial charge in [0, 0.05) is 23.3 Å². The Morgan fingerprint density at radius 1 is 1.36 bits per heavy atom. The lowest BCUT2D eigenvalue weighted by Crippen LogP contribution is -2.32. The summed E-state index contributed by atoms with van der Waals surface area (Å²) in [6, 6.07) is 5.62. The maximum absolute atomic E-state index is 14.5. The van der Waals surface area contributed by atoms with Gasteiger partial charge in [-0.25, -0.2) is 13.9 Å². The number of fused-ring (bicyclic) bond motifs is 1. The van der Waals surface area contributed by atoms with Crippen LogP contribution in [0.1, 0.15) is 41.2 Å². The van der Waals surface area contributed by atoms with Crippen molar-refractivity contribution >= 4 is 17.6 Å². The Hall–Kier alpha value is -2.96. The summed E-state index contributed by atoms with van der Waals surface area (Å²) in [6.07, 6.45) is 3.19. The van der Waals surface area contributed by atoms with Crippen LogP contribution in [-0.2, 0) is 9.53 Å². The number of ketones is 1. The molecule has 0 spiro atoms. The van der Waals surface area contributed by atoms with Crippen molar-refractivity contribution in [3.63, 3.8) is 0 Å². The number of nitrogens with zero attached hydrogens (tertiary/aromatic N) is 2. The minimum Gasteiger partial charge on any atom is -0.465 e. The molecule has 0 saturated carbocycles. The van der Waals surface area contributed by atoms with Crippen molar-refractivity contribution in [3.8, 4) is 0 Å². The molecule has 0 amide bonds. The number of hydrogen-bond donors (Lipinski definition) is 1. The standard InChI is InChI=1S/C18H16FN3O3/c1-25-18(24)11-9-20-22-16(10-5-2-3-6-12(10)19)15-13(21-17(11)22)7-4-8-14(15)23/h2-3,5-6,9,16,21H,4,7-8H2,1H3/t16-/m1/s1. The van der Waals surface area contributed by atoms with E-state index >= 15 is 0 Å². The van der Waals surface area contributed by atoms with Crippen LogP contribution in [-0.4, -0.2) is 28.6 Å². The summed E-state index contributed by atoms with van der Waals surface area (Å²) in [5, 5.41) is 7.40. The Bertz CT molecular complexity index is 916. The molecular weight excluding hydrogens is 325 g/mol. The van der Waals surface area contributed by atoms with Gasteiger partial charge in [0.1, 0.15) is 23.2 Å². The van der Waals surface area contributed by atoms with Crippen LogP contribution in [0.2, 0.25) is 0 Å². The zero-order valence-corrected chi connectivity index (χ0v) is 13.6. The number of hydrogen-bond acceptors (Lipinski definition) is 5. The summed E-state index contributed by atoms with van der Waals surface area (Å²) < 4.78 is 20.8. The third kappa shape index (κ3) is 2.34. The van der Waals surface area contributed by atoms with Crippen LogP contribution in [0.5, 0.6) is 0 Å². The van der Waals surface area contributed by atoms with Crippen molar-refractivity contribution in [2.45, 2.75) is 25.3 Å². The highest BCUT2D eigenvalue weighted by Crippen LogP contribution is 2.42. The van der Waals surface area contributed by atoms with Crippen molar-refractivity contribution < 1.29 is 18.7 Å². The fourth-order valence-electron chi connectivity index (χ4n) is 3.50. The number of aromatic nitrogens is 2. The molecule has 25 heavy (non-hydrogen) atoms. The molecular formula is C18H16FN3O3. The molecule has 1 aromatic heterocycles. The number of ether oxygens (including phenoxy) is 1. The summed E-state index contributed by atoms with van der Waals surface area (Å²) in [7, 11) is 1.29. The van der Waals surface area contributed by atoms with Gasteiger partial charge in [0.15, 0.2) is 5.78 Å². The summed E-state index contributed by atoms with van der Waals surface area (Å²) in [5.74, 6) is -0.552. The molecule has 0 bridgehead atoms.